The van der Waals surface area contributed by atoms with Gasteiger partial charge in [-0.05, 0) is 37.3 Å². The molecule has 0 fully saturated rings. The Bertz CT molecular complexity index is 886. The minimum Gasteiger partial charge on any atom is -0.320 e. The second-order valence-electron chi connectivity index (χ2n) is 5.05. The lowest BCUT2D eigenvalue weighted by molar-refractivity contribution is 0.102. The summed E-state index contributed by atoms with van der Waals surface area (Å²) in [6, 6.07) is 8.63. The van der Waals surface area contributed by atoms with Gasteiger partial charge in [0.2, 0.25) is 0 Å². The summed E-state index contributed by atoms with van der Waals surface area (Å²) in [6.45, 7) is 1.78. The van der Waals surface area contributed by atoms with Gasteiger partial charge in [0.25, 0.3) is 5.91 Å². The monoisotopic (exact) mass is 384 g/mol. The van der Waals surface area contributed by atoms with E-state index in [1.807, 2.05) is 0 Å². The van der Waals surface area contributed by atoms with Gasteiger partial charge in [0, 0.05) is 16.2 Å². The van der Waals surface area contributed by atoms with Crippen LogP contribution in [-0.2, 0) is 0 Å². The molecular formula is C17H13BrN4O2. The third kappa shape index (κ3) is 3.26. The number of aldehydes is 1. The molecule has 0 saturated heterocycles. The number of nitrogens with one attached hydrogen (secondary N) is 1. The molecule has 0 aliphatic carbocycles. The van der Waals surface area contributed by atoms with Crippen LogP contribution in [0.1, 0.15) is 26.7 Å². The maximum Gasteiger partial charge on any atom is 0.255 e. The molecule has 6 nitrogen and oxygen atoms in total. The molecule has 0 atom stereocenters. The molecule has 1 N–H and O–H groups in total. The van der Waals surface area contributed by atoms with Crippen LogP contribution in [0.5, 0.6) is 0 Å². The lowest BCUT2D eigenvalue weighted by atomic mass is 10.2. The fourth-order valence-electron chi connectivity index (χ4n) is 2.20. The Morgan fingerprint density at radius 3 is 2.46 bits per heavy atom. The second-order valence-corrected chi connectivity index (χ2v) is 5.97. The summed E-state index contributed by atoms with van der Waals surface area (Å²) in [7, 11) is 0. The van der Waals surface area contributed by atoms with E-state index in [0.29, 0.717) is 34.7 Å². The number of carbonyl (C=O) groups excluding carboxylic acids is 2. The number of nitrogens with zero attached hydrogens (tertiary/aromatic N) is 3. The molecule has 0 aliphatic rings. The fourth-order valence-corrected chi connectivity index (χ4v) is 2.47. The zero-order chi connectivity index (χ0) is 17.1. The van der Waals surface area contributed by atoms with Gasteiger partial charge in [-0.25, -0.2) is 9.97 Å². The van der Waals surface area contributed by atoms with Crippen molar-refractivity contribution in [3.63, 3.8) is 0 Å². The van der Waals surface area contributed by atoms with Gasteiger partial charge in [-0.1, -0.05) is 15.9 Å². The summed E-state index contributed by atoms with van der Waals surface area (Å²) in [5.74, 6) is 0.353. The average Bonchev–Trinajstić information content (AvgIpc) is 2.98. The zero-order valence-electron chi connectivity index (χ0n) is 12.7. The third-order valence-corrected chi connectivity index (χ3v) is 3.97. The van der Waals surface area contributed by atoms with Gasteiger partial charge in [0.1, 0.15) is 11.5 Å². The van der Waals surface area contributed by atoms with E-state index in [4.69, 9.17) is 0 Å². The predicted molar refractivity (Wildman–Crippen MR) is 93.6 cm³/mol. The number of benzene rings is 1. The first-order valence-corrected chi connectivity index (χ1v) is 7.90. The normalized spacial score (nSPS) is 10.4. The smallest absolute Gasteiger partial charge is 0.255 e. The standard InChI is InChI=1S/C17H13BrN4O2/c1-11-19-8-14(9-20-11)22-7-6-15(16(22)10-23)21-17(24)12-2-4-13(18)5-3-12/h2-10H,1H3,(H,21,24). The lowest BCUT2D eigenvalue weighted by Gasteiger charge is -2.07. The SMILES string of the molecule is Cc1ncc(-n2ccc(NC(=O)c3ccc(Br)cc3)c2C=O)cn1. The maximum atomic E-state index is 12.3. The van der Waals surface area contributed by atoms with Crippen molar-refractivity contribution in [2.75, 3.05) is 5.32 Å². The number of aryl methyl sites for hydroxylation is 1. The van der Waals surface area contributed by atoms with Crippen molar-refractivity contribution in [2.45, 2.75) is 6.92 Å². The molecule has 24 heavy (non-hydrogen) atoms. The minimum absolute atomic E-state index is 0.288. The molecular weight excluding hydrogens is 372 g/mol. The molecule has 3 aromatic rings. The average molecular weight is 385 g/mol. The van der Waals surface area contributed by atoms with Crippen molar-refractivity contribution in [1.29, 1.82) is 0 Å². The number of hydrogen-bond donors (Lipinski definition) is 1. The van der Waals surface area contributed by atoms with Gasteiger partial charge in [-0.3, -0.25) is 9.59 Å². The van der Waals surface area contributed by atoms with Crippen LogP contribution < -0.4 is 5.32 Å². The van der Waals surface area contributed by atoms with Crippen LogP contribution in [0.15, 0.2) is 53.4 Å². The van der Waals surface area contributed by atoms with Crippen molar-refractivity contribution in [2.24, 2.45) is 0 Å². The number of anilines is 1. The van der Waals surface area contributed by atoms with Gasteiger partial charge in [0.05, 0.1) is 23.8 Å². The van der Waals surface area contributed by atoms with Crippen molar-refractivity contribution in [1.82, 2.24) is 14.5 Å². The molecule has 7 heteroatoms. The number of rotatable bonds is 4. The van der Waals surface area contributed by atoms with E-state index in [-0.39, 0.29) is 5.91 Å². The Morgan fingerprint density at radius 1 is 1.17 bits per heavy atom. The molecule has 0 saturated carbocycles. The number of carbonyl (C=O) groups is 2. The number of halogens is 1. The van der Waals surface area contributed by atoms with Crippen molar-refractivity contribution >= 4 is 33.8 Å². The Kier molecular flexibility index (Phi) is 4.52. The first-order valence-electron chi connectivity index (χ1n) is 7.11. The van der Waals surface area contributed by atoms with E-state index in [1.165, 1.54) is 0 Å². The topological polar surface area (TPSA) is 76.9 Å². The third-order valence-electron chi connectivity index (χ3n) is 3.44. The van der Waals surface area contributed by atoms with E-state index in [1.54, 1.807) is 60.4 Å². The van der Waals surface area contributed by atoms with Crippen LogP contribution in [-0.4, -0.2) is 26.7 Å². The zero-order valence-corrected chi connectivity index (χ0v) is 14.3. The van der Waals surface area contributed by atoms with Gasteiger partial charge < -0.3 is 9.88 Å². The summed E-state index contributed by atoms with van der Waals surface area (Å²) < 4.78 is 2.52. The number of amides is 1. The van der Waals surface area contributed by atoms with Crippen molar-refractivity contribution in [3.8, 4) is 5.69 Å². The van der Waals surface area contributed by atoms with Gasteiger partial charge >= 0.3 is 0 Å². The lowest BCUT2D eigenvalue weighted by Crippen LogP contribution is -2.13. The highest BCUT2D eigenvalue weighted by molar-refractivity contribution is 9.10. The number of hydrogen-bond acceptors (Lipinski definition) is 4. The highest BCUT2D eigenvalue weighted by Crippen LogP contribution is 2.21. The van der Waals surface area contributed by atoms with E-state index >= 15 is 0 Å². The van der Waals surface area contributed by atoms with Crippen molar-refractivity contribution in [3.05, 3.63) is 70.5 Å². The van der Waals surface area contributed by atoms with Crippen LogP contribution in [0.3, 0.4) is 0 Å². The highest BCUT2D eigenvalue weighted by atomic mass is 79.9. The summed E-state index contributed by atoms with van der Waals surface area (Å²) in [4.78, 5) is 32.0. The Balaban J connectivity index is 1.89. The molecule has 1 amide bonds. The minimum atomic E-state index is -0.288. The molecule has 0 aliphatic heterocycles. The van der Waals surface area contributed by atoms with E-state index in [2.05, 4.69) is 31.2 Å². The largest absolute Gasteiger partial charge is 0.320 e. The van der Waals surface area contributed by atoms with E-state index in [0.717, 1.165) is 4.47 Å². The summed E-state index contributed by atoms with van der Waals surface area (Å²) in [6.07, 6.45) is 5.62. The van der Waals surface area contributed by atoms with Crippen LogP contribution >= 0.6 is 15.9 Å². The van der Waals surface area contributed by atoms with E-state index < -0.39 is 0 Å². The van der Waals surface area contributed by atoms with Gasteiger partial charge in [-0.2, -0.15) is 0 Å². The highest BCUT2D eigenvalue weighted by Gasteiger charge is 2.14. The Labute approximate surface area is 146 Å². The molecule has 120 valence electrons. The van der Waals surface area contributed by atoms with Crippen LogP contribution in [0.2, 0.25) is 0 Å². The maximum absolute atomic E-state index is 12.3. The van der Waals surface area contributed by atoms with Crippen LogP contribution in [0.4, 0.5) is 5.69 Å². The summed E-state index contributed by atoms with van der Waals surface area (Å²) >= 11 is 3.33. The van der Waals surface area contributed by atoms with Crippen LogP contribution in [0.25, 0.3) is 5.69 Å². The quantitative estimate of drug-likeness (QED) is 0.699. The van der Waals surface area contributed by atoms with Crippen LogP contribution in [0, 0.1) is 6.92 Å². The molecule has 3 rings (SSSR count). The molecule has 0 radical (unpaired) electrons. The fraction of sp³-hybridized carbons (Fsp3) is 0.0588. The first-order chi connectivity index (χ1) is 11.6. The number of aromatic nitrogens is 3. The second kappa shape index (κ2) is 6.76. The molecule has 0 unspecified atom stereocenters. The van der Waals surface area contributed by atoms with Gasteiger partial charge in [-0.15, -0.1) is 0 Å². The summed E-state index contributed by atoms with van der Waals surface area (Å²) in [5.41, 5.74) is 1.90. The Hall–Kier alpha value is -2.80. The summed E-state index contributed by atoms with van der Waals surface area (Å²) in [5, 5.41) is 2.75. The predicted octanol–water partition coefficient (Wildman–Crippen LogP) is 3.40. The van der Waals surface area contributed by atoms with Gasteiger partial charge in [0.15, 0.2) is 6.29 Å². The molecule has 0 spiro atoms. The van der Waals surface area contributed by atoms with E-state index in [9.17, 15) is 9.59 Å². The Morgan fingerprint density at radius 2 is 1.83 bits per heavy atom. The molecule has 1 aromatic carbocycles. The molecule has 2 aromatic heterocycles. The first kappa shape index (κ1) is 16.1. The van der Waals surface area contributed by atoms with Crippen molar-refractivity contribution < 1.29 is 9.59 Å². The molecule has 2 heterocycles. The molecule has 0 bridgehead atoms.